The normalized spacial score (nSPS) is 16.9. The van der Waals surface area contributed by atoms with Crippen molar-refractivity contribution >= 4 is 5.91 Å². The smallest absolute Gasteiger partial charge is 0.287 e. The first-order valence-corrected chi connectivity index (χ1v) is 9.20. The maximum Gasteiger partial charge on any atom is 0.287 e. The minimum absolute atomic E-state index is 0.147. The molecule has 1 N–H and O–H groups in total. The number of rotatable bonds is 5. The average Bonchev–Trinajstić information content (AvgIpc) is 3.24. The summed E-state index contributed by atoms with van der Waals surface area (Å²) in [4.78, 5) is 12.4. The van der Waals surface area contributed by atoms with Gasteiger partial charge in [-0.25, -0.2) is 0 Å². The Morgan fingerprint density at radius 2 is 1.85 bits per heavy atom. The molecule has 0 atom stereocenters. The van der Waals surface area contributed by atoms with Crippen LogP contribution in [0.5, 0.6) is 17.2 Å². The molecule has 4 rings (SSSR count). The van der Waals surface area contributed by atoms with Crippen molar-refractivity contribution < 1.29 is 23.4 Å². The Labute approximate surface area is 152 Å². The van der Waals surface area contributed by atoms with Crippen molar-refractivity contribution in [1.29, 1.82) is 0 Å². The molecule has 6 heteroatoms. The molecule has 6 nitrogen and oxygen atoms in total. The van der Waals surface area contributed by atoms with Crippen molar-refractivity contribution in [2.24, 2.45) is 0 Å². The van der Waals surface area contributed by atoms with Crippen LogP contribution in [0.2, 0.25) is 0 Å². The van der Waals surface area contributed by atoms with Crippen molar-refractivity contribution in [3.63, 3.8) is 0 Å². The van der Waals surface area contributed by atoms with Gasteiger partial charge in [-0.05, 0) is 37.1 Å². The van der Waals surface area contributed by atoms with Gasteiger partial charge in [0.05, 0.1) is 0 Å². The van der Waals surface area contributed by atoms with Gasteiger partial charge in [-0.15, -0.1) is 0 Å². The number of carbonyl (C=O) groups is 1. The molecule has 0 spiro atoms. The third-order valence-corrected chi connectivity index (χ3v) is 4.80. The zero-order chi connectivity index (χ0) is 17.8. The van der Waals surface area contributed by atoms with Crippen LogP contribution in [0, 0.1) is 0 Å². The summed E-state index contributed by atoms with van der Waals surface area (Å²) in [6.45, 7) is 0.479. The molecule has 1 aliphatic heterocycles. The highest BCUT2D eigenvalue weighted by Crippen LogP contribution is 2.35. The predicted molar refractivity (Wildman–Crippen MR) is 94.6 cm³/mol. The Kier molecular flexibility index (Phi) is 5.00. The van der Waals surface area contributed by atoms with Crippen molar-refractivity contribution in [3.05, 3.63) is 41.9 Å². The van der Waals surface area contributed by atoms with E-state index in [1.807, 2.05) is 12.1 Å². The van der Waals surface area contributed by atoms with Gasteiger partial charge in [0, 0.05) is 12.1 Å². The van der Waals surface area contributed by atoms with E-state index in [2.05, 4.69) is 5.32 Å². The lowest BCUT2D eigenvalue weighted by atomic mass is 10.1. The third-order valence-electron chi connectivity index (χ3n) is 4.80. The van der Waals surface area contributed by atoms with Gasteiger partial charge in [-0.3, -0.25) is 4.79 Å². The monoisotopic (exact) mass is 357 g/mol. The molecule has 1 aliphatic carbocycles. The number of carbonyl (C=O) groups excluding carboxylic acids is 1. The lowest BCUT2D eigenvalue weighted by molar-refractivity contribution is 0.0901. The molecular weight excluding hydrogens is 334 g/mol. The Hall–Kier alpha value is -2.63. The van der Waals surface area contributed by atoms with Gasteiger partial charge in [-0.1, -0.05) is 25.7 Å². The largest absolute Gasteiger partial charge is 0.486 e. The second kappa shape index (κ2) is 7.72. The minimum atomic E-state index is -0.147. The topological polar surface area (TPSA) is 69.9 Å². The molecule has 1 saturated carbocycles. The van der Waals surface area contributed by atoms with Gasteiger partial charge in [0.2, 0.25) is 6.79 Å². The van der Waals surface area contributed by atoms with Crippen LogP contribution in [0.1, 0.15) is 54.8 Å². The summed E-state index contributed by atoms with van der Waals surface area (Å²) in [6, 6.07) is 9.13. The van der Waals surface area contributed by atoms with Gasteiger partial charge in [0.15, 0.2) is 17.3 Å². The van der Waals surface area contributed by atoms with E-state index in [1.165, 1.54) is 25.7 Å². The van der Waals surface area contributed by atoms with Gasteiger partial charge < -0.3 is 23.9 Å². The maximum absolute atomic E-state index is 12.4. The highest BCUT2D eigenvalue weighted by molar-refractivity contribution is 5.91. The van der Waals surface area contributed by atoms with E-state index in [0.29, 0.717) is 28.8 Å². The SMILES string of the molecule is O=C(NC1CCCCCC1)c1ccc(COc2ccc3c(c2)OCO3)o1. The van der Waals surface area contributed by atoms with Crippen LogP contribution in [0.4, 0.5) is 0 Å². The molecule has 26 heavy (non-hydrogen) atoms. The van der Waals surface area contributed by atoms with E-state index in [1.54, 1.807) is 18.2 Å². The number of ether oxygens (including phenoxy) is 3. The Bertz CT molecular complexity index is 761. The number of nitrogens with one attached hydrogen (secondary N) is 1. The van der Waals surface area contributed by atoms with E-state index in [0.717, 1.165) is 12.8 Å². The van der Waals surface area contributed by atoms with Gasteiger partial charge >= 0.3 is 0 Å². The van der Waals surface area contributed by atoms with E-state index in [4.69, 9.17) is 18.6 Å². The second-order valence-electron chi connectivity index (χ2n) is 6.73. The van der Waals surface area contributed by atoms with Gasteiger partial charge in [0.25, 0.3) is 5.91 Å². The van der Waals surface area contributed by atoms with Crippen LogP contribution >= 0.6 is 0 Å². The van der Waals surface area contributed by atoms with Gasteiger partial charge in [0.1, 0.15) is 18.1 Å². The Morgan fingerprint density at radius 3 is 2.69 bits per heavy atom. The lowest BCUT2D eigenvalue weighted by Gasteiger charge is -2.15. The molecule has 1 aromatic heterocycles. The number of hydrogen-bond donors (Lipinski definition) is 1. The standard InChI is InChI=1S/C20H23NO5/c22-20(21-14-5-3-1-2-4-6-14)18-10-8-16(26-18)12-23-15-7-9-17-19(11-15)25-13-24-17/h7-11,14H,1-6,12-13H2,(H,21,22). The quantitative estimate of drug-likeness (QED) is 0.818. The molecule has 0 saturated heterocycles. The lowest BCUT2D eigenvalue weighted by Crippen LogP contribution is -2.34. The van der Waals surface area contributed by atoms with Crippen molar-refractivity contribution in [3.8, 4) is 17.2 Å². The van der Waals surface area contributed by atoms with E-state index in [-0.39, 0.29) is 25.3 Å². The van der Waals surface area contributed by atoms with Crippen molar-refractivity contribution in [2.75, 3.05) is 6.79 Å². The first-order chi connectivity index (χ1) is 12.8. The Morgan fingerprint density at radius 1 is 1.04 bits per heavy atom. The van der Waals surface area contributed by atoms with E-state index >= 15 is 0 Å². The molecule has 2 aliphatic rings. The van der Waals surface area contributed by atoms with E-state index < -0.39 is 0 Å². The fourth-order valence-corrected chi connectivity index (χ4v) is 3.38. The molecule has 138 valence electrons. The van der Waals surface area contributed by atoms with Crippen molar-refractivity contribution in [1.82, 2.24) is 5.32 Å². The number of amides is 1. The summed E-state index contributed by atoms with van der Waals surface area (Å²) in [5.41, 5.74) is 0. The van der Waals surface area contributed by atoms with Crippen molar-refractivity contribution in [2.45, 2.75) is 51.2 Å². The highest BCUT2D eigenvalue weighted by atomic mass is 16.7. The van der Waals surface area contributed by atoms with Gasteiger partial charge in [-0.2, -0.15) is 0 Å². The molecule has 0 unspecified atom stereocenters. The number of furan rings is 1. The van der Waals surface area contributed by atoms with E-state index in [9.17, 15) is 4.79 Å². The summed E-state index contributed by atoms with van der Waals surface area (Å²) in [5.74, 6) is 2.84. The maximum atomic E-state index is 12.4. The van der Waals surface area contributed by atoms with Crippen LogP contribution < -0.4 is 19.5 Å². The summed E-state index contributed by atoms with van der Waals surface area (Å²) >= 11 is 0. The summed E-state index contributed by atoms with van der Waals surface area (Å²) in [7, 11) is 0. The highest BCUT2D eigenvalue weighted by Gasteiger charge is 2.18. The Balaban J connectivity index is 1.31. The zero-order valence-corrected chi connectivity index (χ0v) is 14.7. The molecule has 1 aromatic carbocycles. The summed E-state index contributed by atoms with van der Waals surface area (Å²) in [5, 5.41) is 3.09. The average molecular weight is 357 g/mol. The molecule has 0 radical (unpaired) electrons. The molecule has 2 aromatic rings. The molecular formula is C20H23NO5. The van der Waals surface area contributed by atoms with Crippen LogP contribution in [-0.4, -0.2) is 18.7 Å². The number of fused-ring (bicyclic) bond motifs is 1. The van der Waals surface area contributed by atoms with Crippen LogP contribution in [0.15, 0.2) is 34.7 Å². The van der Waals surface area contributed by atoms with Crippen LogP contribution in [0.25, 0.3) is 0 Å². The minimum Gasteiger partial charge on any atom is -0.486 e. The molecule has 1 amide bonds. The number of hydrogen-bond acceptors (Lipinski definition) is 5. The molecule has 0 bridgehead atoms. The van der Waals surface area contributed by atoms with Crippen LogP contribution in [0.3, 0.4) is 0 Å². The fourth-order valence-electron chi connectivity index (χ4n) is 3.38. The predicted octanol–water partition coefficient (Wildman–Crippen LogP) is 4.04. The first-order valence-electron chi connectivity index (χ1n) is 9.20. The zero-order valence-electron chi connectivity index (χ0n) is 14.7. The summed E-state index contributed by atoms with van der Waals surface area (Å²) in [6.07, 6.45) is 6.97. The first kappa shape index (κ1) is 16.8. The second-order valence-corrected chi connectivity index (χ2v) is 6.73. The number of benzene rings is 1. The van der Waals surface area contributed by atoms with Crippen LogP contribution in [-0.2, 0) is 6.61 Å². The third kappa shape index (κ3) is 3.95. The molecule has 2 heterocycles. The summed E-state index contributed by atoms with van der Waals surface area (Å²) < 4.78 is 22.0. The molecule has 1 fully saturated rings. The fraction of sp³-hybridized carbons (Fsp3) is 0.450.